The maximum absolute atomic E-state index is 4.65. The Hall–Kier alpha value is -3.39. The van der Waals surface area contributed by atoms with Crippen molar-refractivity contribution in [3.05, 3.63) is 133 Å². The Kier molecular flexibility index (Phi) is 8.59. The Morgan fingerprint density at radius 1 is 0.550 bits per heavy atom. The zero-order valence-corrected chi connectivity index (χ0v) is 26.5. The van der Waals surface area contributed by atoms with E-state index in [1.807, 2.05) is 54.7 Å². The number of pyridine rings is 2. The first-order valence-corrected chi connectivity index (χ1v) is 13.6. The molecule has 3 heteroatoms. The van der Waals surface area contributed by atoms with Gasteiger partial charge in [-0.25, -0.2) is 0 Å². The van der Waals surface area contributed by atoms with Crippen molar-refractivity contribution >= 4 is 0 Å². The minimum atomic E-state index is 0. The summed E-state index contributed by atoms with van der Waals surface area (Å²) in [6.07, 6.45) is 3.69. The molecule has 0 fully saturated rings. The van der Waals surface area contributed by atoms with Crippen LogP contribution in [-0.4, -0.2) is 9.97 Å². The number of aromatic nitrogens is 2. The van der Waals surface area contributed by atoms with Gasteiger partial charge in [0.25, 0.3) is 0 Å². The SMILES string of the molecule is CC1(C)c2c[c-]c(-c3cc(-c4ccccc4)ccn3)cc2C(C)(C)C1(C)C.[Ir].[c-]1ccccc1-c1ccccn1. The van der Waals surface area contributed by atoms with E-state index in [1.54, 1.807) is 6.20 Å². The van der Waals surface area contributed by atoms with Crippen LogP contribution in [0, 0.1) is 17.5 Å². The van der Waals surface area contributed by atoms with E-state index in [0.717, 1.165) is 22.5 Å². The van der Waals surface area contributed by atoms with Gasteiger partial charge in [-0.1, -0.05) is 90.1 Å². The number of hydrogen-bond acceptors (Lipinski definition) is 2. The van der Waals surface area contributed by atoms with Crippen LogP contribution in [0.25, 0.3) is 33.6 Å². The van der Waals surface area contributed by atoms with Crippen LogP contribution in [-0.2, 0) is 30.9 Å². The maximum Gasteiger partial charge on any atom is 0.0166 e. The number of benzene rings is 3. The predicted octanol–water partition coefficient (Wildman–Crippen LogP) is 9.36. The molecule has 0 N–H and O–H groups in total. The third-order valence-corrected chi connectivity index (χ3v) is 9.22. The van der Waals surface area contributed by atoms with Crippen LogP contribution in [0.4, 0.5) is 0 Å². The summed E-state index contributed by atoms with van der Waals surface area (Å²) in [6.45, 7) is 14.3. The molecule has 5 aromatic rings. The van der Waals surface area contributed by atoms with Gasteiger partial charge in [0.15, 0.2) is 0 Å². The van der Waals surface area contributed by atoms with Crippen molar-refractivity contribution in [2.75, 3.05) is 0 Å². The van der Waals surface area contributed by atoms with Gasteiger partial charge in [-0.3, -0.25) is 0 Å². The van der Waals surface area contributed by atoms with Crippen LogP contribution in [0.5, 0.6) is 0 Å². The molecule has 0 unspecified atom stereocenters. The number of hydrogen-bond donors (Lipinski definition) is 0. The van der Waals surface area contributed by atoms with E-state index in [1.165, 1.54) is 22.3 Å². The van der Waals surface area contributed by atoms with Crippen LogP contribution in [0.2, 0.25) is 0 Å². The molecular weight excluding hydrogens is 665 g/mol. The summed E-state index contributed by atoms with van der Waals surface area (Å²) in [4.78, 5) is 8.87. The molecule has 1 aliphatic rings. The second kappa shape index (κ2) is 11.6. The average Bonchev–Trinajstić information content (AvgIpc) is 3.08. The van der Waals surface area contributed by atoms with Crippen molar-refractivity contribution in [1.29, 1.82) is 0 Å². The monoisotopic (exact) mass is 701 g/mol. The molecule has 0 atom stereocenters. The van der Waals surface area contributed by atoms with Gasteiger partial charge in [-0.05, 0) is 50.9 Å². The second-order valence-electron chi connectivity index (χ2n) is 11.8. The number of rotatable bonds is 3. The smallest absolute Gasteiger partial charge is 0.0166 e. The fraction of sp³-hybridized carbons (Fsp3) is 0.243. The van der Waals surface area contributed by atoms with Crippen molar-refractivity contribution in [1.82, 2.24) is 9.97 Å². The van der Waals surface area contributed by atoms with Gasteiger partial charge < -0.3 is 9.97 Å². The normalized spacial score (nSPS) is 15.7. The number of fused-ring (bicyclic) bond motifs is 1. The molecule has 0 bridgehead atoms. The zero-order chi connectivity index (χ0) is 27.7. The molecule has 0 saturated carbocycles. The fourth-order valence-electron chi connectivity index (χ4n) is 5.59. The Morgan fingerprint density at radius 2 is 1.23 bits per heavy atom. The molecule has 3 aromatic carbocycles. The van der Waals surface area contributed by atoms with E-state index in [2.05, 4.69) is 112 Å². The quantitative estimate of drug-likeness (QED) is 0.175. The molecule has 0 spiro atoms. The second-order valence-corrected chi connectivity index (χ2v) is 11.8. The Morgan fingerprint density at radius 3 is 1.90 bits per heavy atom. The van der Waals surface area contributed by atoms with Crippen LogP contribution in [0.15, 0.2) is 109 Å². The first-order valence-electron chi connectivity index (χ1n) is 13.6. The standard InChI is InChI=1S/C26H28N.C11H8N.Ir/c1-24(2)21-13-12-20(16-22(21)25(3,4)26(24,5)6)23-17-19(14-15-27-23)18-10-8-7-9-11-18;1-2-6-10(7-3-1)11-8-4-5-9-12-11;/h7-11,13-17H,1-6H3;1-6,8-9H;/q2*-1;. The molecule has 205 valence electrons. The summed E-state index contributed by atoms with van der Waals surface area (Å²) in [5, 5.41) is 0. The van der Waals surface area contributed by atoms with Gasteiger partial charge in [0.1, 0.15) is 0 Å². The average molecular weight is 701 g/mol. The van der Waals surface area contributed by atoms with E-state index < -0.39 is 0 Å². The third-order valence-electron chi connectivity index (χ3n) is 9.22. The van der Waals surface area contributed by atoms with E-state index in [9.17, 15) is 0 Å². The molecule has 2 aromatic heterocycles. The summed E-state index contributed by atoms with van der Waals surface area (Å²) in [5.74, 6) is 0. The van der Waals surface area contributed by atoms with Crippen LogP contribution < -0.4 is 0 Å². The van der Waals surface area contributed by atoms with Gasteiger partial charge in [0.05, 0.1) is 0 Å². The van der Waals surface area contributed by atoms with Crippen molar-refractivity contribution < 1.29 is 20.1 Å². The number of nitrogens with zero attached hydrogens (tertiary/aromatic N) is 2. The Balaban J connectivity index is 0.000000238. The maximum atomic E-state index is 4.65. The van der Waals surface area contributed by atoms with Crippen molar-refractivity contribution in [2.45, 2.75) is 52.4 Å². The minimum Gasteiger partial charge on any atom is -0.305 e. The summed E-state index contributed by atoms with van der Waals surface area (Å²) >= 11 is 0. The molecule has 0 amide bonds. The van der Waals surface area contributed by atoms with Gasteiger partial charge in [-0.15, -0.1) is 70.8 Å². The van der Waals surface area contributed by atoms with E-state index >= 15 is 0 Å². The summed E-state index contributed by atoms with van der Waals surface area (Å²) in [5.41, 5.74) is 9.68. The molecule has 0 saturated heterocycles. The predicted molar refractivity (Wildman–Crippen MR) is 162 cm³/mol. The molecule has 2 heterocycles. The van der Waals surface area contributed by atoms with Crippen LogP contribution >= 0.6 is 0 Å². The van der Waals surface area contributed by atoms with Gasteiger partial charge in [0.2, 0.25) is 0 Å². The largest absolute Gasteiger partial charge is 0.305 e. The van der Waals surface area contributed by atoms with E-state index in [-0.39, 0.29) is 36.4 Å². The molecule has 2 nitrogen and oxygen atoms in total. The zero-order valence-electron chi connectivity index (χ0n) is 24.1. The Bertz CT molecular complexity index is 1520. The van der Waals surface area contributed by atoms with E-state index in [4.69, 9.17) is 0 Å². The Labute approximate surface area is 253 Å². The molecular formula is C37H36IrN2-2. The van der Waals surface area contributed by atoms with Gasteiger partial charge >= 0.3 is 0 Å². The fourth-order valence-corrected chi connectivity index (χ4v) is 5.59. The van der Waals surface area contributed by atoms with Crippen molar-refractivity contribution in [3.63, 3.8) is 0 Å². The van der Waals surface area contributed by atoms with E-state index in [0.29, 0.717) is 0 Å². The summed E-state index contributed by atoms with van der Waals surface area (Å²) in [7, 11) is 0. The van der Waals surface area contributed by atoms with Crippen molar-refractivity contribution in [2.24, 2.45) is 5.41 Å². The van der Waals surface area contributed by atoms with Crippen LogP contribution in [0.1, 0.15) is 52.7 Å². The molecule has 6 rings (SSSR count). The summed E-state index contributed by atoms with van der Waals surface area (Å²) < 4.78 is 0. The summed E-state index contributed by atoms with van der Waals surface area (Å²) in [6, 6.07) is 39.6. The molecule has 1 radical (unpaired) electrons. The van der Waals surface area contributed by atoms with Gasteiger partial charge in [-0.2, -0.15) is 0 Å². The molecule has 1 aliphatic carbocycles. The topological polar surface area (TPSA) is 25.8 Å². The first kappa shape index (κ1) is 29.6. The first-order chi connectivity index (χ1) is 18.6. The molecule has 0 aliphatic heterocycles. The third kappa shape index (κ3) is 5.33. The van der Waals surface area contributed by atoms with Crippen molar-refractivity contribution in [3.8, 4) is 33.6 Å². The molecule has 40 heavy (non-hydrogen) atoms. The van der Waals surface area contributed by atoms with Gasteiger partial charge in [0, 0.05) is 32.5 Å². The minimum absolute atomic E-state index is 0. The van der Waals surface area contributed by atoms with Crippen LogP contribution in [0.3, 0.4) is 0 Å².